The van der Waals surface area contributed by atoms with Gasteiger partial charge in [0, 0.05) is 6.04 Å². The Labute approximate surface area is 94.5 Å². The van der Waals surface area contributed by atoms with Crippen molar-refractivity contribution in [3.63, 3.8) is 0 Å². The van der Waals surface area contributed by atoms with Crippen LogP contribution in [0.1, 0.15) is 52.4 Å². The van der Waals surface area contributed by atoms with Crippen molar-refractivity contribution < 1.29 is 5.11 Å². The molecule has 0 spiro atoms. The van der Waals surface area contributed by atoms with Gasteiger partial charge in [-0.3, -0.25) is 0 Å². The molecule has 0 bridgehead atoms. The van der Waals surface area contributed by atoms with Crippen LogP contribution in [0.15, 0.2) is 0 Å². The summed E-state index contributed by atoms with van der Waals surface area (Å²) in [6, 6.07) is 0.312. The molecule has 0 amide bonds. The average Bonchev–Trinajstić information content (AvgIpc) is 2.25. The van der Waals surface area contributed by atoms with Crippen LogP contribution in [0.4, 0.5) is 0 Å². The van der Waals surface area contributed by atoms with Crippen LogP contribution >= 0.6 is 0 Å². The Kier molecular flexibility index (Phi) is 6.26. The first-order chi connectivity index (χ1) is 7.22. The van der Waals surface area contributed by atoms with Crippen molar-refractivity contribution in [1.82, 2.24) is 5.32 Å². The van der Waals surface area contributed by atoms with E-state index in [1.807, 2.05) is 0 Å². The fourth-order valence-electron chi connectivity index (χ4n) is 2.52. The molecular weight excluding hydrogens is 186 g/mol. The van der Waals surface area contributed by atoms with Crippen LogP contribution in [0, 0.1) is 11.8 Å². The largest absolute Gasteiger partial charge is 0.395 e. The van der Waals surface area contributed by atoms with E-state index in [0.29, 0.717) is 12.0 Å². The van der Waals surface area contributed by atoms with Gasteiger partial charge in [-0.05, 0) is 37.6 Å². The van der Waals surface area contributed by atoms with Crippen LogP contribution in [0.2, 0.25) is 0 Å². The SMILES string of the molecule is CC(C)C[C@H](CO)NCC1CCCCC1. The average molecular weight is 213 g/mol. The quantitative estimate of drug-likeness (QED) is 0.711. The van der Waals surface area contributed by atoms with Crippen molar-refractivity contribution in [2.45, 2.75) is 58.4 Å². The van der Waals surface area contributed by atoms with E-state index in [1.54, 1.807) is 0 Å². The Morgan fingerprint density at radius 2 is 1.87 bits per heavy atom. The van der Waals surface area contributed by atoms with E-state index >= 15 is 0 Å². The lowest BCUT2D eigenvalue weighted by molar-refractivity contribution is 0.212. The zero-order valence-corrected chi connectivity index (χ0v) is 10.3. The molecule has 2 nitrogen and oxygen atoms in total. The molecule has 0 radical (unpaired) electrons. The third-order valence-electron chi connectivity index (χ3n) is 3.40. The van der Waals surface area contributed by atoms with Gasteiger partial charge < -0.3 is 10.4 Å². The van der Waals surface area contributed by atoms with Crippen LogP contribution in [-0.2, 0) is 0 Å². The molecule has 0 heterocycles. The number of rotatable bonds is 6. The summed E-state index contributed by atoms with van der Waals surface area (Å²) in [6.07, 6.45) is 8.08. The summed E-state index contributed by atoms with van der Waals surface area (Å²) in [4.78, 5) is 0. The summed E-state index contributed by atoms with van der Waals surface area (Å²) >= 11 is 0. The standard InChI is InChI=1S/C13H27NO/c1-11(2)8-13(10-15)14-9-12-6-4-3-5-7-12/h11-15H,3-10H2,1-2H3/t13-/m1/s1. The smallest absolute Gasteiger partial charge is 0.0584 e. The zero-order valence-electron chi connectivity index (χ0n) is 10.3. The van der Waals surface area contributed by atoms with Gasteiger partial charge in [0.15, 0.2) is 0 Å². The second kappa shape index (κ2) is 7.24. The van der Waals surface area contributed by atoms with E-state index in [-0.39, 0.29) is 6.61 Å². The van der Waals surface area contributed by atoms with Gasteiger partial charge in [0.1, 0.15) is 0 Å². The molecule has 0 aromatic heterocycles. The summed E-state index contributed by atoms with van der Waals surface area (Å²) in [5, 5.41) is 12.8. The van der Waals surface area contributed by atoms with E-state index in [1.165, 1.54) is 32.1 Å². The number of hydrogen-bond acceptors (Lipinski definition) is 2. The third kappa shape index (κ3) is 5.53. The molecule has 2 heteroatoms. The monoisotopic (exact) mass is 213 g/mol. The van der Waals surface area contributed by atoms with Gasteiger partial charge in [-0.2, -0.15) is 0 Å². The van der Waals surface area contributed by atoms with E-state index in [4.69, 9.17) is 0 Å². The molecule has 1 saturated carbocycles. The Morgan fingerprint density at radius 1 is 1.20 bits per heavy atom. The molecule has 1 aliphatic carbocycles. The first-order valence-electron chi connectivity index (χ1n) is 6.56. The first-order valence-corrected chi connectivity index (χ1v) is 6.56. The van der Waals surface area contributed by atoms with Gasteiger partial charge in [0.2, 0.25) is 0 Å². The lowest BCUT2D eigenvalue weighted by Gasteiger charge is -2.25. The van der Waals surface area contributed by atoms with Crippen molar-refractivity contribution >= 4 is 0 Å². The maximum absolute atomic E-state index is 9.24. The molecule has 0 aromatic carbocycles. The predicted octanol–water partition coefficient (Wildman–Crippen LogP) is 2.56. The minimum Gasteiger partial charge on any atom is -0.395 e. The normalized spacial score (nSPS) is 20.8. The predicted molar refractivity (Wildman–Crippen MR) is 64.9 cm³/mol. The topological polar surface area (TPSA) is 32.3 Å². The second-order valence-corrected chi connectivity index (χ2v) is 5.42. The summed E-state index contributed by atoms with van der Waals surface area (Å²) in [6.45, 7) is 5.82. The van der Waals surface area contributed by atoms with Gasteiger partial charge in [0.25, 0.3) is 0 Å². The van der Waals surface area contributed by atoms with Crippen molar-refractivity contribution in [3.05, 3.63) is 0 Å². The van der Waals surface area contributed by atoms with Crippen molar-refractivity contribution in [3.8, 4) is 0 Å². The van der Waals surface area contributed by atoms with Crippen LogP contribution < -0.4 is 5.32 Å². The van der Waals surface area contributed by atoms with Gasteiger partial charge in [0.05, 0.1) is 6.61 Å². The zero-order chi connectivity index (χ0) is 11.1. The molecule has 90 valence electrons. The molecule has 1 fully saturated rings. The molecule has 0 unspecified atom stereocenters. The number of aliphatic hydroxyl groups is 1. The van der Waals surface area contributed by atoms with E-state index < -0.39 is 0 Å². The van der Waals surface area contributed by atoms with E-state index in [9.17, 15) is 5.11 Å². The number of aliphatic hydroxyl groups excluding tert-OH is 1. The summed E-state index contributed by atoms with van der Waals surface area (Å²) < 4.78 is 0. The Morgan fingerprint density at radius 3 is 2.40 bits per heavy atom. The minimum absolute atomic E-state index is 0.283. The van der Waals surface area contributed by atoms with Crippen LogP contribution in [0.3, 0.4) is 0 Å². The Bertz CT molecular complexity index is 153. The summed E-state index contributed by atoms with van der Waals surface area (Å²) in [5.41, 5.74) is 0. The van der Waals surface area contributed by atoms with Gasteiger partial charge in [-0.25, -0.2) is 0 Å². The molecule has 1 atom stereocenters. The second-order valence-electron chi connectivity index (χ2n) is 5.42. The molecule has 0 saturated heterocycles. The van der Waals surface area contributed by atoms with Crippen molar-refractivity contribution in [2.75, 3.05) is 13.2 Å². The molecule has 0 aromatic rings. The molecule has 15 heavy (non-hydrogen) atoms. The molecular formula is C13H27NO. The lowest BCUT2D eigenvalue weighted by atomic mass is 9.89. The van der Waals surface area contributed by atoms with Crippen LogP contribution in [0.25, 0.3) is 0 Å². The van der Waals surface area contributed by atoms with Gasteiger partial charge in [-0.15, -0.1) is 0 Å². The van der Waals surface area contributed by atoms with Crippen LogP contribution in [-0.4, -0.2) is 24.3 Å². The third-order valence-corrected chi connectivity index (χ3v) is 3.40. The Balaban J connectivity index is 2.14. The maximum atomic E-state index is 9.24. The molecule has 1 rings (SSSR count). The fourth-order valence-corrected chi connectivity index (χ4v) is 2.52. The van der Waals surface area contributed by atoms with Gasteiger partial charge in [-0.1, -0.05) is 33.1 Å². The highest BCUT2D eigenvalue weighted by molar-refractivity contribution is 4.73. The number of nitrogens with one attached hydrogen (secondary N) is 1. The molecule has 1 aliphatic rings. The lowest BCUT2D eigenvalue weighted by Crippen LogP contribution is -2.37. The van der Waals surface area contributed by atoms with Crippen molar-refractivity contribution in [1.29, 1.82) is 0 Å². The highest BCUT2D eigenvalue weighted by atomic mass is 16.3. The summed E-state index contributed by atoms with van der Waals surface area (Å²) in [5.74, 6) is 1.53. The Hall–Kier alpha value is -0.0800. The fraction of sp³-hybridized carbons (Fsp3) is 1.00. The molecule has 2 N–H and O–H groups in total. The first kappa shape index (κ1) is 13.0. The highest BCUT2D eigenvalue weighted by Crippen LogP contribution is 2.23. The van der Waals surface area contributed by atoms with Crippen LogP contribution in [0.5, 0.6) is 0 Å². The highest BCUT2D eigenvalue weighted by Gasteiger charge is 2.15. The molecule has 0 aliphatic heterocycles. The van der Waals surface area contributed by atoms with Crippen molar-refractivity contribution in [2.24, 2.45) is 11.8 Å². The minimum atomic E-state index is 0.283. The summed E-state index contributed by atoms with van der Waals surface area (Å²) in [7, 11) is 0. The van der Waals surface area contributed by atoms with E-state index in [0.717, 1.165) is 18.9 Å². The number of hydrogen-bond donors (Lipinski definition) is 2. The maximum Gasteiger partial charge on any atom is 0.0584 e. The van der Waals surface area contributed by atoms with Gasteiger partial charge >= 0.3 is 0 Å². The van der Waals surface area contributed by atoms with E-state index in [2.05, 4.69) is 19.2 Å².